The van der Waals surface area contributed by atoms with Gasteiger partial charge < -0.3 is 0 Å². The molecule has 0 aliphatic carbocycles. The zero-order valence-corrected chi connectivity index (χ0v) is 9.42. The van der Waals surface area contributed by atoms with E-state index in [1.165, 1.54) is 11.1 Å². The van der Waals surface area contributed by atoms with Gasteiger partial charge in [-0.1, -0.05) is 23.7 Å². The standard InChI is InChI=1S/C12H11ClN2/c1-8-3-4-10(7-9(8)2)11-12(13)15-6-5-14-11/h3-7H,1-2H3. The second kappa shape index (κ2) is 3.99. The predicted molar refractivity (Wildman–Crippen MR) is 62.0 cm³/mol. The summed E-state index contributed by atoms with van der Waals surface area (Å²) in [7, 11) is 0. The van der Waals surface area contributed by atoms with Crippen molar-refractivity contribution in [2.45, 2.75) is 13.8 Å². The molecule has 1 heterocycles. The van der Waals surface area contributed by atoms with Crippen LogP contribution in [0.25, 0.3) is 11.3 Å². The van der Waals surface area contributed by atoms with Crippen LogP contribution in [0.15, 0.2) is 30.6 Å². The molecule has 0 radical (unpaired) electrons. The molecule has 2 aromatic rings. The number of aromatic nitrogens is 2. The third-order valence-electron chi connectivity index (χ3n) is 2.43. The summed E-state index contributed by atoms with van der Waals surface area (Å²) in [5.74, 6) is 0. The summed E-state index contributed by atoms with van der Waals surface area (Å²) in [5.41, 5.74) is 4.24. The quantitative estimate of drug-likeness (QED) is 0.733. The van der Waals surface area contributed by atoms with Gasteiger partial charge in [0.25, 0.3) is 0 Å². The highest BCUT2D eigenvalue weighted by atomic mass is 35.5. The van der Waals surface area contributed by atoms with E-state index in [4.69, 9.17) is 11.6 Å². The SMILES string of the molecule is Cc1ccc(-c2nccnc2Cl)cc1C. The zero-order chi connectivity index (χ0) is 10.8. The van der Waals surface area contributed by atoms with E-state index in [0.717, 1.165) is 11.3 Å². The Labute approximate surface area is 94.0 Å². The van der Waals surface area contributed by atoms with E-state index in [-0.39, 0.29) is 0 Å². The molecule has 0 spiro atoms. The van der Waals surface area contributed by atoms with E-state index in [1.54, 1.807) is 12.4 Å². The molecule has 3 heteroatoms. The Hall–Kier alpha value is -1.41. The second-order valence-electron chi connectivity index (χ2n) is 3.49. The second-order valence-corrected chi connectivity index (χ2v) is 3.85. The molecule has 0 unspecified atom stereocenters. The third-order valence-corrected chi connectivity index (χ3v) is 2.71. The molecule has 1 aromatic heterocycles. The molecule has 0 bridgehead atoms. The molecule has 2 rings (SSSR count). The Balaban J connectivity index is 2.55. The topological polar surface area (TPSA) is 25.8 Å². The normalized spacial score (nSPS) is 10.3. The molecule has 0 N–H and O–H groups in total. The molecule has 15 heavy (non-hydrogen) atoms. The van der Waals surface area contributed by atoms with Gasteiger partial charge in [0.2, 0.25) is 0 Å². The van der Waals surface area contributed by atoms with Crippen LogP contribution >= 0.6 is 11.6 Å². The highest BCUT2D eigenvalue weighted by Gasteiger charge is 2.05. The van der Waals surface area contributed by atoms with Crippen molar-refractivity contribution >= 4 is 11.6 Å². The van der Waals surface area contributed by atoms with Crippen LogP contribution in [0, 0.1) is 13.8 Å². The number of aryl methyl sites for hydroxylation is 2. The molecule has 0 amide bonds. The largest absolute Gasteiger partial charge is 0.251 e. The first-order valence-corrected chi connectivity index (χ1v) is 5.10. The van der Waals surface area contributed by atoms with Crippen LogP contribution in [0.3, 0.4) is 0 Å². The molecular weight excluding hydrogens is 208 g/mol. The molecule has 0 saturated heterocycles. The fraction of sp³-hybridized carbons (Fsp3) is 0.167. The number of halogens is 1. The van der Waals surface area contributed by atoms with Crippen LogP contribution in [0.4, 0.5) is 0 Å². The van der Waals surface area contributed by atoms with Crippen molar-refractivity contribution < 1.29 is 0 Å². The van der Waals surface area contributed by atoms with Gasteiger partial charge in [-0.25, -0.2) is 4.98 Å². The minimum Gasteiger partial charge on any atom is -0.251 e. The van der Waals surface area contributed by atoms with Gasteiger partial charge in [0.15, 0.2) is 5.15 Å². The van der Waals surface area contributed by atoms with Crippen molar-refractivity contribution in [1.82, 2.24) is 9.97 Å². The van der Waals surface area contributed by atoms with Gasteiger partial charge >= 0.3 is 0 Å². The van der Waals surface area contributed by atoms with Crippen molar-refractivity contribution in [3.63, 3.8) is 0 Å². The predicted octanol–water partition coefficient (Wildman–Crippen LogP) is 3.41. The van der Waals surface area contributed by atoms with Crippen molar-refractivity contribution in [2.75, 3.05) is 0 Å². The van der Waals surface area contributed by atoms with Gasteiger partial charge in [0.1, 0.15) is 5.69 Å². The Morgan fingerprint density at radius 1 is 1.00 bits per heavy atom. The first-order chi connectivity index (χ1) is 7.18. The molecule has 0 fully saturated rings. The number of hydrogen-bond donors (Lipinski definition) is 0. The van der Waals surface area contributed by atoms with Crippen molar-refractivity contribution in [1.29, 1.82) is 0 Å². The number of hydrogen-bond acceptors (Lipinski definition) is 2. The van der Waals surface area contributed by atoms with E-state index in [0.29, 0.717) is 5.15 Å². The maximum atomic E-state index is 5.98. The van der Waals surface area contributed by atoms with E-state index in [2.05, 4.69) is 35.9 Å². The molecule has 2 nitrogen and oxygen atoms in total. The highest BCUT2D eigenvalue weighted by Crippen LogP contribution is 2.24. The highest BCUT2D eigenvalue weighted by molar-refractivity contribution is 6.31. The van der Waals surface area contributed by atoms with Crippen LogP contribution in [-0.2, 0) is 0 Å². The van der Waals surface area contributed by atoms with Gasteiger partial charge in [-0.05, 0) is 31.0 Å². The van der Waals surface area contributed by atoms with Crippen LogP contribution in [0.2, 0.25) is 5.15 Å². The van der Waals surface area contributed by atoms with Crippen LogP contribution in [-0.4, -0.2) is 9.97 Å². The molecular formula is C12H11ClN2. The van der Waals surface area contributed by atoms with Crippen LogP contribution in [0.1, 0.15) is 11.1 Å². The maximum absolute atomic E-state index is 5.98. The number of rotatable bonds is 1. The Morgan fingerprint density at radius 3 is 2.40 bits per heavy atom. The van der Waals surface area contributed by atoms with Gasteiger partial charge in [-0.2, -0.15) is 0 Å². The lowest BCUT2D eigenvalue weighted by atomic mass is 10.0. The summed E-state index contributed by atoms with van der Waals surface area (Å²) < 4.78 is 0. The fourth-order valence-corrected chi connectivity index (χ4v) is 1.62. The Kier molecular flexibility index (Phi) is 2.69. The van der Waals surface area contributed by atoms with Crippen LogP contribution < -0.4 is 0 Å². The van der Waals surface area contributed by atoms with E-state index < -0.39 is 0 Å². The Morgan fingerprint density at radius 2 is 1.73 bits per heavy atom. The maximum Gasteiger partial charge on any atom is 0.155 e. The summed E-state index contributed by atoms with van der Waals surface area (Å²) in [4.78, 5) is 8.24. The van der Waals surface area contributed by atoms with Gasteiger partial charge in [-0.3, -0.25) is 4.98 Å². The molecule has 0 saturated carbocycles. The molecule has 76 valence electrons. The summed E-state index contributed by atoms with van der Waals surface area (Å²) in [6.07, 6.45) is 3.24. The lowest BCUT2D eigenvalue weighted by molar-refractivity contribution is 1.20. The van der Waals surface area contributed by atoms with Crippen LogP contribution in [0.5, 0.6) is 0 Å². The first-order valence-electron chi connectivity index (χ1n) is 4.72. The zero-order valence-electron chi connectivity index (χ0n) is 8.66. The average Bonchev–Trinajstić information content (AvgIpc) is 2.23. The number of benzene rings is 1. The summed E-state index contributed by atoms with van der Waals surface area (Å²) in [6, 6.07) is 6.15. The van der Waals surface area contributed by atoms with E-state index in [1.807, 2.05) is 6.07 Å². The molecule has 0 atom stereocenters. The monoisotopic (exact) mass is 218 g/mol. The van der Waals surface area contributed by atoms with E-state index in [9.17, 15) is 0 Å². The first kappa shape index (κ1) is 10.1. The molecule has 1 aromatic carbocycles. The van der Waals surface area contributed by atoms with Crippen molar-refractivity contribution in [3.05, 3.63) is 46.9 Å². The van der Waals surface area contributed by atoms with E-state index >= 15 is 0 Å². The third kappa shape index (κ3) is 2.00. The lowest BCUT2D eigenvalue weighted by Gasteiger charge is -2.05. The van der Waals surface area contributed by atoms with Gasteiger partial charge in [-0.15, -0.1) is 0 Å². The minimum absolute atomic E-state index is 0.445. The van der Waals surface area contributed by atoms with Crippen molar-refractivity contribution in [2.24, 2.45) is 0 Å². The summed E-state index contributed by atoms with van der Waals surface area (Å²) >= 11 is 5.98. The fourth-order valence-electron chi connectivity index (χ4n) is 1.40. The van der Waals surface area contributed by atoms with Gasteiger partial charge in [0.05, 0.1) is 0 Å². The smallest absolute Gasteiger partial charge is 0.155 e. The lowest BCUT2D eigenvalue weighted by Crippen LogP contribution is -1.89. The summed E-state index contributed by atoms with van der Waals surface area (Å²) in [6.45, 7) is 4.15. The Bertz CT molecular complexity index is 495. The molecule has 0 aliphatic heterocycles. The van der Waals surface area contributed by atoms with Crippen molar-refractivity contribution in [3.8, 4) is 11.3 Å². The summed E-state index contributed by atoms with van der Waals surface area (Å²) in [5, 5.41) is 0.445. The average molecular weight is 219 g/mol. The van der Waals surface area contributed by atoms with Gasteiger partial charge in [0, 0.05) is 18.0 Å². The number of nitrogens with zero attached hydrogens (tertiary/aromatic N) is 2. The molecule has 0 aliphatic rings. The minimum atomic E-state index is 0.445.